The third kappa shape index (κ3) is 3.08. The maximum absolute atomic E-state index is 13.2. The fraction of sp³-hybridized carbons (Fsp3) is 0.143. The molecule has 0 fully saturated rings. The summed E-state index contributed by atoms with van der Waals surface area (Å²) in [5, 5.41) is 10.8. The van der Waals surface area contributed by atoms with E-state index in [1.54, 1.807) is 24.3 Å². The Morgan fingerprint density at radius 3 is 2.68 bits per heavy atom. The zero-order valence-electron chi connectivity index (χ0n) is 10.0. The second-order valence-corrected chi connectivity index (χ2v) is 5.26. The lowest BCUT2D eigenvalue weighted by Crippen LogP contribution is -2.03. The molecule has 0 saturated heterocycles. The lowest BCUT2D eigenvalue weighted by Gasteiger charge is -2.17. The van der Waals surface area contributed by atoms with Crippen molar-refractivity contribution < 1.29 is 14.2 Å². The third-order valence-corrected chi connectivity index (χ3v) is 3.51. The fourth-order valence-corrected chi connectivity index (χ4v) is 2.85. The van der Waals surface area contributed by atoms with Crippen LogP contribution in [0.5, 0.6) is 5.75 Å². The first-order chi connectivity index (χ1) is 9.02. The van der Waals surface area contributed by atoms with Crippen molar-refractivity contribution in [3.05, 3.63) is 62.8 Å². The van der Waals surface area contributed by atoms with Crippen LogP contribution in [0.4, 0.5) is 4.39 Å². The van der Waals surface area contributed by atoms with E-state index in [9.17, 15) is 9.50 Å². The Morgan fingerprint density at radius 2 is 2.05 bits per heavy atom. The predicted octanol–water partition coefficient (Wildman–Crippen LogP) is 4.33. The van der Waals surface area contributed by atoms with Gasteiger partial charge >= 0.3 is 0 Å². The summed E-state index contributed by atoms with van der Waals surface area (Å²) in [6.07, 6.45) is -1.01. The van der Waals surface area contributed by atoms with Gasteiger partial charge in [-0.2, -0.15) is 0 Å². The number of halogens is 3. The zero-order valence-corrected chi connectivity index (χ0v) is 12.4. The van der Waals surface area contributed by atoms with Gasteiger partial charge < -0.3 is 9.84 Å². The minimum atomic E-state index is -1.01. The second-order valence-electron chi connectivity index (χ2n) is 3.97. The molecule has 1 atom stereocenters. The van der Waals surface area contributed by atoms with Crippen molar-refractivity contribution in [2.45, 2.75) is 6.10 Å². The molecule has 0 radical (unpaired) electrons. The number of aliphatic hydroxyl groups excluding tert-OH is 1. The standard InChI is InChI=1S/C14H11BrClFO2/c1-19-14-11(6-9(16)7-12(14)15)13(18)8-3-2-4-10(17)5-8/h2-7,13,18H,1H3. The number of methoxy groups -OCH3 is 1. The van der Waals surface area contributed by atoms with Crippen LogP contribution in [0.1, 0.15) is 17.2 Å². The molecule has 0 spiro atoms. The Hall–Kier alpha value is -1.10. The summed E-state index contributed by atoms with van der Waals surface area (Å²) in [6.45, 7) is 0. The van der Waals surface area contributed by atoms with Crippen molar-refractivity contribution in [1.82, 2.24) is 0 Å². The summed E-state index contributed by atoms with van der Waals surface area (Å²) in [7, 11) is 1.50. The van der Waals surface area contributed by atoms with Crippen molar-refractivity contribution in [2.75, 3.05) is 7.11 Å². The molecule has 2 aromatic carbocycles. The maximum Gasteiger partial charge on any atom is 0.139 e. The molecule has 0 saturated carbocycles. The lowest BCUT2D eigenvalue weighted by atomic mass is 10.0. The van der Waals surface area contributed by atoms with E-state index in [-0.39, 0.29) is 0 Å². The van der Waals surface area contributed by atoms with E-state index >= 15 is 0 Å². The van der Waals surface area contributed by atoms with Gasteiger partial charge in [0.1, 0.15) is 17.7 Å². The highest BCUT2D eigenvalue weighted by atomic mass is 79.9. The highest BCUT2D eigenvalue weighted by molar-refractivity contribution is 9.10. The summed E-state index contributed by atoms with van der Waals surface area (Å²) in [4.78, 5) is 0. The average molecular weight is 346 g/mol. The summed E-state index contributed by atoms with van der Waals surface area (Å²) in [5.74, 6) is 0.0674. The van der Waals surface area contributed by atoms with Crippen molar-refractivity contribution >= 4 is 27.5 Å². The van der Waals surface area contributed by atoms with Gasteiger partial charge in [-0.25, -0.2) is 4.39 Å². The molecule has 1 N–H and O–H groups in total. The van der Waals surface area contributed by atoms with Crippen LogP contribution in [0.15, 0.2) is 40.9 Å². The highest BCUT2D eigenvalue weighted by Crippen LogP contribution is 2.38. The molecule has 0 amide bonds. The van der Waals surface area contributed by atoms with Gasteiger partial charge in [0.2, 0.25) is 0 Å². The van der Waals surface area contributed by atoms with Gasteiger partial charge in [-0.15, -0.1) is 0 Å². The minimum absolute atomic E-state index is 0.406. The first-order valence-electron chi connectivity index (χ1n) is 5.49. The summed E-state index contributed by atoms with van der Waals surface area (Å²) in [6, 6.07) is 9.05. The van der Waals surface area contributed by atoms with Gasteiger partial charge in [0, 0.05) is 10.6 Å². The number of aliphatic hydroxyl groups is 1. The molecule has 0 aliphatic rings. The Labute approximate surface area is 123 Å². The molecule has 0 aliphatic heterocycles. The third-order valence-electron chi connectivity index (χ3n) is 2.70. The maximum atomic E-state index is 13.2. The van der Waals surface area contributed by atoms with Crippen LogP contribution in [0, 0.1) is 5.82 Å². The Kier molecular flexibility index (Phi) is 4.45. The number of hydrogen-bond acceptors (Lipinski definition) is 2. The van der Waals surface area contributed by atoms with E-state index in [2.05, 4.69) is 15.9 Å². The minimum Gasteiger partial charge on any atom is -0.495 e. The molecule has 100 valence electrons. The molecular weight excluding hydrogens is 335 g/mol. The molecule has 0 heterocycles. The van der Waals surface area contributed by atoms with E-state index in [4.69, 9.17) is 16.3 Å². The van der Waals surface area contributed by atoms with Crippen molar-refractivity contribution in [1.29, 1.82) is 0 Å². The summed E-state index contributed by atoms with van der Waals surface area (Å²) >= 11 is 9.29. The number of ether oxygens (including phenoxy) is 1. The number of benzene rings is 2. The first-order valence-corrected chi connectivity index (χ1v) is 6.66. The van der Waals surface area contributed by atoms with E-state index in [0.717, 1.165) is 0 Å². The van der Waals surface area contributed by atoms with Gasteiger partial charge in [-0.05, 0) is 45.8 Å². The smallest absolute Gasteiger partial charge is 0.139 e. The molecule has 0 bridgehead atoms. The Morgan fingerprint density at radius 1 is 1.32 bits per heavy atom. The molecule has 19 heavy (non-hydrogen) atoms. The average Bonchev–Trinajstić information content (AvgIpc) is 2.37. The lowest BCUT2D eigenvalue weighted by molar-refractivity contribution is 0.214. The van der Waals surface area contributed by atoms with Gasteiger partial charge in [0.05, 0.1) is 11.6 Å². The van der Waals surface area contributed by atoms with Crippen LogP contribution in [0.25, 0.3) is 0 Å². The van der Waals surface area contributed by atoms with Crippen LogP contribution in [0.3, 0.4) is 0 Å². The molecule has 1 unspecified atom stereocenters. The number of rotatable bonds is 3. The van der Waals surface area contributed by atoms with Gasteiger partial charge in [-0.3, -0.25) is 0 Å². The van der Waals surface area contributed by atoms with Crippen LogP contribution in [-0.2, 0) is 0 Å². The topological polar surface area (TPSA) is 29.5 Å². The van der Waals surface area contributed by atoms with Crippen molar-refractivity contribution in [2.24, 2.45) is 0 Å². The van der Waals surface area contributed by atoms with E-state index in [0.29, 0.717) is 26.4 Å². The van der Waals surface area contributed by atoms with Crippen LogP contribution in [-0.4, -0.2) is 12.2 Å². The highest BCUT2D eigenvalue weighted by Gasteiger charge is 2.19. The van der Waals surface area contributed by atoms with Crippen molar-refractivity contribution in [3.8, 4) is 5.75 Å². The van der Waals surface area contributed by atoms with Crippen LogP contribution >= 0.6 is 27.5 Å². The quantitative estimate of drug-likeness (QED) is 0.897. The summed E-state index contributed by atoms with van der Waals surface area (Å²) in [5.41, 5.74) is 0.917. The molecule has 2 rings (SSSR count). The van der Waals surface area contributed by atoms with Crippen LogP contribution < -0.4 is 4.74 Å². The second kappa shape index (κ2) is 5.90. The number of hydrogen-bond donors (Lipinski definition) is 1. The Balaban J connectivity index is 2.52. The van der Waals surface area contributed by atoms with Gasteiger partial charge in [-0.1, -0.05) is 23.7 Å². The SMILES string of the molecule is COc1c(Br)cc(Cl)cc1C(O)c1cccc(F)c1. The molecule has 2 nitrogen and oxygen atoms in total. The normalized spacial score (nSPS) is 12.3. The van der Waals surface area contributed by atoms with E-state index < -0.39 is 11.9 Å². The zero-order chi connectivity index (χ0) is 14.0. The molecule has 2 aromatic rings. The summed E-state index contributed by atoms with van der Waals surface area (Å²) < 4.78 is 19.1. The van der Waals surface area contributed by atoms with Gasteiger partial charge in [0.25, 0.3) is 0 Å². The fourth-order valence-electron chi connectivity index (χ4n) is 1.85. The molecular formula is C14H11BrClFO2. The predicted molar refractivity (Wildman–Crippen MR) is 76.2 cm³/mol. The van der Waals surface area contributed by atoms with Gasteiger partial charge in [0.15, 0.2) is 0 Å². The van der Waals surface area contributed by atoms with Crippen molar-refractivity contribution in [3.63, 3.8) is 0 Å². The monoisotopic (exact) mass is 344 g/mol. The Bertz CT molecular complexity index is 604. The largest absolute Gasteiger partial charge is 0.495 e. The van der Waals surface area contributed by atoms with Crippen LogP contribution in [0.2, 0.25) is 5.02 Å². The first kappa shape index (κ1) is 14.3. The molecule has 0 aromatic heterocycles. The molecule has 0 aliphatic carbocycles. The van der Waals surface area contributed by atoms with E-state index in [1.807, 2.05) is 0 Å². The molecule has 5 heteroatoms. The van der Waals surface area contributed by atoms with E-state index in [1.165, 1.54) is 19.2 Å².